The molecule has 0 aliphatic heterocycles. The average molecular weight is 304 g/mol. The Bertz CT molecular complexity index is 636. The van der Waals surface area contributed by atoms with E-state index >= 15 is 0 Å². The largest absolute Gasteiger partial charge is 0.308 e. The number of hydrogen-bond acceptors (Lipinski definition) is 2. The van der Waals surface area contributed by atoms with Crippen LogP contribution < -0.4 is 5.32 Å². The molecule has 0 radical (unpaired) electrons. The Morgan fingerprint density at radius 3 is 2.71 bits per heavy atom. The average Bonchev–Trinajstić information content (AvgIpc) is 3.14. The second kappa shape index (κ2) is 5.47. The van der Waals surface area contributed by atoms with Gasteiger partial charge in [0.2, 0.25) is 0 Å². The normalized spacial score (nSPS) is 15.4. The molecule has 1 saturated carbocycles. The van der Waals surface area contributed by atoms with E-state index in [1.54, 1.807) is 0 Å². The smallest absolute Gasteiger partial charge is 0.0705 e. The highest BCUT2D eigenvalue weighted by Gasteiger charge is 2.26. The van der Waals surface area contributed by atoms with Gasteiger partial charge in [-0.1, -0.05) is 17.7 Å². The van der Waals surface area contributed by atoms with Crippen LogP contribution >= 0.6 is 11.6 Å². The maximum absolute atomic E-state index is 6.41. The van der Waals surface area contributed by atoms with E-state index in [-0.39, 0.29) is 5.54 Å². The molecular formula is C17H22ClN3. The number of benzene rings is 1. The molecule has 1 aromatic heterocycles. The van der Waals surface area contributed by atoms with Crippen LogP contribution in [0, 0.1) is 0 Å². The van der Waals surface area contributed by atoms with Crippen LogP contribution in [-0.4, -0.2) is 15.3 Å². The summed E-state index contributed by atoms with van der Waals surface area (Å²) in [7, 11) is 0. The fourth-order valence-electron chi connectivity index (χ4n) is 2.36. The van der Waals surface area contributed by atoms with Crippen molar-refractivity contribution in [1.82, 2.24) is 15.1 Å². The Morgan fingerprint density at radius 2 is 2.05 bits per heavy atom. The summed E-state index contributed by atoms with van der Waals surface area (Å²) in [5, 5.41) is 9.01. The molecule has 4 heteroatoms. The van der Waals surface area contributed by atoms with Crippen molar-refractivity contribution in [2.75, 3.05) is 0 Å². The molecular weight excluding hydrogens is 282 g/mol. The first-order valence-corrected chi connectivity index (χ1v) is 7.90. The Morgan fingerprint density at radius 1 is 1.29 bits per heavy atom. The minimum Gasteiger partial charge on any atom is -0.308 e. The summed E-state index contributed by atoms with van der Waals surface area (Å²) < 4.78 is 1.96. The molecule has 3 nitrogen and oxygen atoms in total. The SMILES string of the molecule is CC(C)(C)NCc1c(Cl)cccc1-n1ccc(C2CC2)n1. The molecule has 0 amide bonds. The van der Waals surface area contributed by atoms with Crippen LogP contribution in [0.4, 0.5) is 0 Å². The van der Waals surface area contributed by atoms with Crippen LogP contribution in [0.2, 0.25) is 5.02 Å². The zero-order valence-corrected chi connectivity index (χ0v) is 13.6. The lowest BCUT2D eigenvalue weighted by atomic mass is 10.1. The highest BCUT2D eigenvalue weighted by atomic mass is 35.5. The van der Waals surface area contributed by atoms with Crippen LogP contribution in [0.1, 0.15) is 50.8 Å². The van der Waals surface area contributed by atoms with Crippen LogP contribution in [0.15, 0.2) is 30.5 Å². The van der Waals surface area contributed by atoms with Crippen LogP contribution in [0.5, 0.6) is 0 Å². The molecule has 112 valence electrons. The number of nitrogens with one attached hydrogen (secondary N) is 1. The second-order valence-electron chi connectivity index (χ2n) is 6.80. The molecule has 1 aromatic carbocycles. The highest BCUT2D eigenvalue weighted by Crippen LogP contribution is 2.39. The van der Waals surface area contributed by atoms with E-state index in [0.717, 1.165) is 22.8 Å². The van der Waals surface area contributed by atoms with Crippen molar-refractivity contribution in [1.29, 1.82) is 0 Å². The molecule has 1 aliphatic carbocycles. The Labute approximate surface area is 131 Å². The summed E-state index contributed by atoms with van der Waals surface area (Å²) in [6.07, 6.45) is 4.58. The van der Waals surface area contributed by atoms with Crippen LogP contribution in [0.3, 0.4) is 0 Å². The molecule has 1 heterocycles. The molecule has 21 heavy (non-hydrogen) atoms. The van der Waals surface area contributed by atoms with E-state index in [2.05, 4.69) is 38.2 Å². The lowest BCUT2D eigenvalue weighted by Crippen LogP contribution is -2.35. The molecule has 0 unspecified atom stereocenters. The molecule has 0 bridgehead atoms. The fourth-order valence-corrected chi connectivity index (χ4v) is 2.60. The Hall–Kier alpha value is -1.32. The van der Waals surface area contributed by atoms with Crippen molar-refractivity contribution >= 4 is 11.6 Å². The molecule has 3 rings (SSSR count). The van der Waals surface area contributed by atoms with Crippen molar-refractivity contribution in [2.45, 2.75) is 51.6 Å². The van der Waals surface area contributed by atoms with Crippen molar-refractivity contribution in [3.63, 3.8) is 0 Å². The molecule has 0 spiro atoms. The lowest BCUT2D eigenvalue weighted by Gasteiger charge is -2.22. The maximum Gasteiger partial charge on any atom is 0.0705 e. The van der Waals surface area contributed by atoms with Crippen molar-refractivity contribution in [3.8, 4) is 5.69 Å². The summed E-state index contributed by atoms with van der Waals surface area (Å²) in [6, 6.07) is 8.13. The molecule has 0 atom stereocenters. The summed E-state index contributed by atoms with van der Waals surface area (Å²) in [5.74, 6) is 0.668. The topological polar surface area (TPSA) is 29.9 Å². The maximum atomic E-state index is 6.41. The van der Waals surface area contributed by atoms with Gasteiger partial charge in [0.05, 0.1) is 11.4 Å². The minimum absolute atomic E-state index is 0.0553. The number of halogens is 1. The standard InChI is InChI=1S/C17H22ClN3/c1-17(2,3)19-11-13-14(18)5-4-6-16(13)21-10-9-15(20-21)12-7-8-12/h4-6,9-10,12,19H,7-8,11H2,1-3H3. The summed E-state index contributed by atoms with van der Waals surface area (Å²) in [5.41, 5.74) is 3.41. The van der Waals surface area contributed by atoms with Gasteiger partial charge in [-0.15, -0.1) is 0 Å². The molecule has 1 fully saturated rings. The van der Waals surface area contributed by atoms with E-state index in [9.17, 15) is 0 Å². The van der Waals surface area contributed by atoms with Gasteiger partial charge >= 0.3 is 0 Å². The van der Waals surface area contributed by atoms with Crippen LogP contribution in [0.25, 0.3) is 5.69 Å². The number of aromatic nitrogens is 2. The highest BCUT2D eigenvalue weighted by molar-refractivity contribution is 6.31. The van der Waals surface area contributed by atoms with E-state index in [4.69, 9.17) is 16.7 Å². The van der Waals surface area contributed by atoms with E-state index < -0.39 is 0 Å². The zero-order chi connectivity index (χ0) is 15.0. The predicted molar refractivity (Wildman–Crippen MR) is 87.1 cm³/mol. The van der Waals surface area contributed by atoms with Gasteiger partial charge in [-0.3, -0.25) is 0 Å². The second-order valence-corrected chi connectivity index (χ2v) is 7.21. The summed E-state index contributed by atoms with van der Waals surface area (Å²) in [4.78, 5) is 0. The third-order valence-corrected chi connectivity index (χ3v) is 4.10. The number of hydrogen-bond donors (Lipinski definition) is 1. The van der Waals surface area contributed by atoms with E-state index in [0.29, 0.717) is 5.92 Å². The van der Waals surface area contributed by atoms with Crippen molar-refractivity contribution in [3.05, 3.63) is 46.7 Å². The summed E-state index contributed by atoms with van der Waals surface area (Å²) in [6.45, 7) is 7.20. The molecule has 1 N–H and O–H groups in total. The first-order valence-electron chi connectivity index (χ1n) is 7.52. The summed E-state index contributed by atoms with van der Waals surface area (Å²) >= 11 is 6.41. The zero-order valence-electron chi connectivity index (χ0n) is 12.9. The van der Waals surface area contributed by atoms with Gasteiger partial charge in [-0.2, -0.15) is 5.10 Å². The van der Waals surface area contributed by atoms with Gasteiger partial charge in [-0.25, -0.2) is 4.68 Å². The van der Waals surface area contributed by atoms with E-state index in [1.165, 1.54) is 18.5 Å². The van der Waals surface area contributed by atoms with Crippen molar-refractivity contribution in [2.24, 2.45) is 0 Å². The predicted octanol–water partition coefficient (Wildman–Crippen LogP) is 4.29. The third-order valence-electron chi connectivity index (χ3n) is 3.74. The van der Waals surface area contributed by atoms with Crippen molar-refractivity contribution < 1.29 is 0 Å². The van der Waals surface area contributed by atoms with Gasteiger partial charge in [0, 0.05) is 34.8 Å². The van der Waals surface area contributed by atoms with Gasteiger partial charge in [0.15, 0.2) is 0 Å². The number of nitrogens with zero attached hydrogens (tertiary/aromatic N) is 2. The number of rotatable bonds is 4. The first kappa shape index (κ1) is 14.6. The van der Waals surface area contributed by atoms with Crippen LogP contribution in [-0.2, 0) is 6.54 Å². The molecule has 0 saturated heterocycles. The van der Waals surface area contributed by atoms with E-state index in [1.807, 2.05) is 23.0 Å². The molecule has 2 aromatic rings. The fraction of sp³-hybridized carbons (Fsp3) is 0.471. The Balaban J connectivity index is 1.91. The monoisotopic (exact) mass is 303 g/mol. The minimum atomic E-state index is 0.0553. The molecule has 1 aliphatic rings. The Kier molecular flexibility index (Phi) is 3.80. The van der Waals surface area contributed by atoms with Gasteiger partial charge in [-0.05, 0) is 51.8 Å². The van der Waals surface area contributed by atoms with Gasteiger partial charge in [0.1, 0.15) is 0 Å². The first-order chi connectivity index (χ1) is 9.94. The lowest BCUT2D eigenvalue weighted by molar-refractivity contribution is 0.424. The van der Waals surface area contributed by atoms with Gasteiger partial charge < -0.3 is 5.32 Å². The quantitative estimate of drug-likeness (QED) is 0.913. The van der Waals surface area contributed by atoms with Gasteiger partial charge in [0.25, 0.3) is 0 Å². The third kappa shape index (κ3) is 3.47.